The lowest BCUT2D eigenvalue weighted by atomic mass is 10.1. The normalized spacial score (nSPS) is 20.4. The van der Waals surface area contributed by atoms with Crippen molar-refractivity contribution in [2.75, 3.05) is 0 Å². The maximum Gasteiger partial charge on any atom is 0.273 e. The second-order valence-electron chi connectivity index (χ2n) is 3.83. The number of halogens is 4. The summed E-state index contributed by atoms with van der Waals surface area (Å²) < 4.78 is -2.20. The van der Waals surface area contributed by atoms with E-state index in [1.807, 2.05) is 6.07 Å². The zero-order valence-corrected chi connectivity index (χ0v) is 13.1. The topological polar surface area (TPSA) is 44.1 Å². The minimum Gasteiger partial charge on any atom is -0.277 e. The van der Waals surface area contributed by atoms with Gasteiger partial charge in [-0.1, -0.05) is 58.5 Å². The van der Waals surface area contributed by atoms with Gasteiger partial charge in [-0.15, -0.1) is 0 Å². The monoisotopic (exact) mass is 354 g/mol. The van der Waals surface area contributed by atoms with E-state index in [9.17, 15) is 4.79 Å². The van der Waals surface area contributed by atoms with Crippen LogP contribution >= 0.6 is 58.4 Å². The molecule has 0 unspecified atom stereocenters. The molecule has 3 nitrogen and oxygen atoms in total. The van der Waals surface area contributed by atoms with Crippen molar-refractivity contribution < 1.29 is 4.79 Å². The maximum absolute atomic E-state index is 12.0. The number of nitriles is 1. The van der Waals surface area contributed by atoms with Gasteiger partial charge in [0.25, 0.3) is 5.91 Å². The van der Waals surface area contributed by atoms with E-state index in [2.05, 4.69) is 0 Å². The molecule has 1 aromatic carbocycles. The zero-order chi connectivity index (χ0) is 14.3. The summed E-state index contributed by atoms with van der Waals surface area (Å²) >= 11 is 24.4. The van der Waals surface area contributed by atoms with Gasteiger partial charge in [-0.2, -0.15) is 5.26 Å². The molecule has 0 radical (unpaired) electrons. The van der Waals surface area contributed by atoms with Crippen LogP contribution in [0, 0.1) is 11.3 Å². The highest BCUT2D eigenvalue weighted by Gasteiger charge is 2.63. The molecule has 1 saturated heterocycles. The number of amides is 1. The van der Waals surface area contributed by atoms with Crippen LogP contribution in [0.5, 0.6) is 0 Å². The molecule has 0 aliphatic carbocycles. The number of hydrogen-bond donors (Lipinski definition) is 0. The highest BCUT2D eigenvalue weighted by Crippen LogP contribution is 2.58. The van der Waals surface area contributed by atoms with Gasteiger partial charge in [-0.25, -0.2) is 0 Å². The fourth-order valence-corrected chi connectivity index (χ4v) is 3.56. The smallest absolute Gasteiger partial charge is 0.273 e. The lowest BCUT2D eigenvalue weighted by molar-refractivity contribution is -0.126. The maximum atomic E-state index is 12.0. The Balaban J connectivity index is 2.17. The molecule has 1 fully saturated rings. The van der Waals surface area contributed by atoms with Crippen molar-refractivity contribution in [1.82, 2.24) is 4.31 Å². The molecule has 0 aromatic heterocycles. The molecule has 1 amide bonds. The van der Waals surface area contributed by atoms with Crippen LogP contribution in [0.2, 0.25) is 0 Å². The minimum absolute atomic E-state index is 0.248. The largest absolute Gasteiger partial charge is 0.277 e. The first-order valence-electron chi connectivity index (χ1n) is 5.04. The van der Waals surface area contributed by atoms with Gasteiger partial charge in [-0.3, -0.25) is 9.10 Å². The fourth-order valence-electron chi connectivity index (χ4n) is 1.47. The molecule has 0 N–H and O–H groups in total. The van der Waals surface area contributed by atoms with Gasteiger partial charge in [0.2, 0.25) is 8.00 Å². The summed E-state index contributed by atoms with van der Waals surface area (Å²) in [4.78, 5) is 12.0. The van der Waals surface area contributed by atoms with E-state index >= 15 is 0 Å². The Hall–Kier alpha value is -0.310. The van der Waals surface area contributed by atoms with Crippen molar-refractivity contribution >= 4 is 64.3 Å². The molecular formula is C11H6Cl4N2OS. The number of alkyl halides is 4. The van der Waals surface area contributed by atoms with Crippen molar-refractivity contribution in [1.29, 1.82) is 5.26 Å². The molecule has 2 rings (SSSR count). The number of carbonyl (C=O) groups is 1. The summed E-state index contributed by atoms with van der Waals surface area (Å²) in [5.41, 5.74) is 1.35. The van der Waals surface area contributed by atoms with Crippen LogP contribution in [-0.4, -0.2) is 18.2 Å². The standard InChI is InChI=1S/C11H6Cl4N2OS/c12-10(13)9(18)17(19-11(10,14)15)6-8-3-1-7(5-16)2-4-8/h1-4H,6H2. The summed E-state index contributed by atoms with van der Waals surface area (Å²) in [5.74, 6) is -0.560. The summed E-state index contributed by atoms with van der Waals surface area (Å²) in [7, 11) is 0. The van der Waals surface area contributed by atoms with E-state index in [4.69, 9.17) is 51.7 Å². The molecule has 1 heterocycles. The summed E-state index contributed by atoms with van der Waals surface area (Å²) in [6.07, 6.45) is 0. The second-order valence-corrected chi connectivity index (χ2v) is 8.17. The summed E-state index contributed by atoms with van der Waals surface area (Å²) in [6, 6.07) is 8.80. The Morgan fingerprint density at radius 2 is 1.79 bits per heavy atom. The predicted octanol–water partition coefficient (Wildman–Crippen LogP) is 3.85. The average Bonchev–Trinajstić information content (AvgIpc) is 2.51. The summed E-state index contributed by atoms with van der Waals surface area (Å²) in [5, 5.41) is 8.70. The SMILES string of the molecule is N#Cc1ccc(CN2SC(Cl)(Cl)C(Cl)(Cl)C2=O)cc1. The third kappa shape index (κ3) is 2.76. The molecule has 0 saturated carbocycles. The van der Waals surface area contributed by atoms with Crippen molar-refractivity contribution in [2.24, 2.45) is 0 Å². The average molecular weight is 356 g/mol. The van der Waals surface area contributed by atoms with E-state index in [-0.39, 0.29) is 6.54 Å². The molecule has 1 aliphatic heterocycles. The fraction of sp³-hybridized carbons (Fsp3) is 0.273. The molecule has 19 heavy (non-hydrogen) atoms. The van der Waals surface area contributed by atoms with E-state index in [1.54, 1.807) is 24.3 Å². The van der Waals surface area contributed by atoms with E-state index in [1.165, 1.54) is 4.31 Å². The second kappa shape index (κ2) is 5.23. The van der Waals surface area contributed by atoms with Gasteiger partial charge in [0.1, 0.15) is 0 Å². The Kier molecular flexibility index (Phi) is 4.15. The molecule has 1 aromatic rings. The first-order valence-corrected chi connectivity index (χ1v) is 7.32. The Labute approximate surface area is 134 Å². The number of nitrogens with zero attached hydrogens (tertiary/aromatic N) is 2. The van der Waals surface area contributed by atoms with Crippen LogP contribution in [0.3, 0.4) is 0 Å². The van der Waals surface area contributed by atoms with Crippen LogP contribution < -0.4 is 0 Å². The van der Waals surface area contributed by atoms with Crippen LogP contribution in [0.25, 0.3) is 0 Å². The number of benzene rings is 1. The van der Waals surface area contributed by atoms with Crippen molar-refractivity contribution in [3.05, 3.63) is 35.4 Å². The first kappa shape index (κ1) is 15.1. The molecule has 0 atom stereocenters. The van der Waals surface area contributed by atoms with E-state index in [0.29, 0.717) is 5.56 Å². The van der Waals surface area contributed by atoms with Crippen molar-refractivity contribution in [2.45, 2.75) is 14.5 Å². The Morgan fingerprint density at radius 3 is 2.21 bits per heavy atom. The van der Waals surface area contributed by atoms with Gasteiger partial charge in [-0.05, 0) is 29.6 Å². The lowest BCUT2D eigenvalue weighted by Gasteiger charge is -2.18. The van der Waals surface area contributed by atoms with Crippen LogP contribution in [-0.2, 0) is 11.3 Å². The van der Waals surface area contributed by atoms with Crippen molar-refractivity contribution in [3.8, 4) is 6.07 Å². The summed E-state index contributed by atoms with van der Waals surface area (Å²) in [6.45, 7) is 0.248. The van der Waals surface area contributed by atoms with E-state index in [0.717, 1.165) is 17.5 Å². The minimum atomic E-state index is -1.88. The van der Waals surface area contributed by atoms with Gasteiger partial charge >= 0.3 is 0 Å². The van der Waals surface area contributed by atoms with Crippen LogP contribution in [0.4, 0.5) is 0 Å². The van der Waals surface area contributed by atoms with Gasteiger partial charge < -0.3 is 0 Å². The van der Waals surface area contributed by atoms with Crippen LogP contribution in [0.1, 0.15) is 11.1 Å². The van der Waals surface area contributed by atoms with Crippen molar-refractivity contribution in [3.63, 3.8) is 0 Å². The number of hydrogen-bond acceptors (Lipinski definition) is 3. The molecule has 100 valence electrons. The van der Waals surface area contributed by atoms with Crippen LogP contribution in [0.15, 0.2) is 24.3 Å². The van der Waals surface area contributed by atoms with Gasteiger partial charge in [0.05, 0.1) is 18.2 Å². The Morgan fingerprint density at radius 1 is 1.21 bits per heavy atom. The molecular weight excluding hydrogens is 350 g/mol. The van der Waals surface area contributed by atoms with Gasteiger partial charge in [0, 0.05) is 0 Å². The van der Waals surface area contributed by atoms with Gasteiger partial charge in [0.15, 0.2) is 0 Å². The molecule has 0 spiro atoms. The third-order valence-corrected chi connectivity index (χ3v) is 6.03. The number of rotatable bonds is 2. The predicted molar refractivity (Wildman–Crippen MR) is 78.2 cm³/mol. The third-order valence-electron chi connectivity index (χ3n) is 2.49. The Bertz CT molecular complexity index is 553. The lowest BCUT2D eigenvalue weighted by Crippen LogP contribution is -2.37. The molecule has 1 aliphatic rings. The number of carbonyl (C=O) groups excluding carboxylic acids is 1. The first-order chi connectivity index (χ1) is 8.78. The molecule has 8 heteroatoms. The molecule has 0 bridgehead atoms. The quantitative estimate of drug-likeness (QED) is 0.597. The highest BCUT2D eigenvalue weighted by atomic mass is 35.5. The zero-order valence-electron chi connectivity index (χ0n) is 9.24. The van der Waals surface area contributed by atoms with E-state index < -0.39 is 13.9 Å². The highest BCUT2D eigenvalue weighted by molar-refractivity contribution is 8.02.